The highest BCUT2D eigenvalue weighted by molar-refractivity contribution is 5.75. The summed E-state index contributed by atoms with van der Waals surface area (Å²) in [6.45, 7) is 0. The zero-order valence-electron chi connectivity index (χ0n) is 13.1. The topological polar surface area (TPSA) is 60.9 Å². The van der Waals surface area contributed by atoms with Gasteiger partial charge in [-0.25, -0.2) is 9.97 Å². The summed E-state index contributed by atoms with van der Waals surface area (Å²) in [6, 6.07) is 13.4. The van der Waals surface area contributed by atoms with E-state index in [-0.39, 0.29) is 17.4 Å². The molecule has 0 atom stereocenters. The van der Waals surface area contributed by atoms with Crippen LogP contribution in [0.4, 0.5) is 13.2 Å². The second-order valence-electron chi connectivity index (χ2n) is 5.45. The maximum atomic E-state index is 13.2. The molecule has 0 fully saturated rings. The molecule has 4 rings (SSSR count). The van der Waals surface area contributed by atoms with Crippen molar-refractivity contribution in [2.45, 2.75) is 6.18 Å². The van der Waals surface area contributed by atoms with Crippen LogP contribution >= 0.6 is 0 Å². The van der Waals surface area contributed by atoms with Crippen molar-refractivity contribution in [2.24, 2.45) is 0 Å². The van der Waals surface area contributed by atoms with E-state index in [1.165, 1.54) is 12.3 Å². The lowest BCUT2D eigenvalue weighted by Gasteiger charge is -2.13. The smallest absolute Gasteiger partial charge is 0.421 e. The van der Waals surface area contributed by atoms with Gasteiger partial charge in [0.1, 0.15) is 22.6 Å². The van der Waals surface area contributed by atoms with E-state index in [4.69, 9.17) is 4.42 Å². The fraction of sp³-hybridized carbons (Fsp3) is 0.0556. The Morgan fingerprint density at radius 1 is 0.962 bits per heavy atom. The van der Waals surface area contributed by atoms with Gasteiger partial charge in [-0.05, 0) is 36.4 Å². The van der Waals surface area contributed by atoms with Crippen LogP contribution in [-0.2, 0) is 6.18 Å². The van der Waals surface area contributed by atoms with E-state index in [0.29, 0.717) is 11.1 Å². The van der Waals surface area contributed by atoms with Gasteiger partial charge in [0.2, 0.25) is 5.89 Å². The van der Waals surface area contributed by atoms with Gasteiger partial charge in [0.05, 0.1) is 0 Å². The van der Waals surface area contributed by atoms with E-state index >= 15 is 0 Å². The molecule has 5 nitrogen and oxygen atoms in total. The van der Waals surface area contributed by atoms with Crippen molar-refractivity contribution in [3.8, 4) is 17.4 Å². The van der Waals surface area contributed by atoms with Crippen LogP contribution in [0.5, 0.6) is 0 Å². The fourth-order valence-corrected chi connectivity index (χ4v) is 2.62. The second-order valence-corrected chi connectivity index (χ2v) is 5.45. The number of nitrogens with zero attached hydrogens (tertiary/aromatic N) is 3. The lowest BCUT2D eigenvalue weighted by Crippen LogP contribution is -2.29. The largest absolute Gasteiger partial charge is 0.435 e. The van der Waals surface area contributed by atoms with Crippen LogP contribution < -0.4 is 5.56 Å². The average molecular weight is 357 g/mol. The molecule has 0 amide bonds. The van der Waals surface area contributed by atoms with Gasteiger partial charge in [-0.15, -0.1) is 0 Å². The van der Waals surface area contributed by atoms with Crippen LogP contribution in [0.25, 0.3) is 28.5 Å². The molecule has 0 aliphatic heterocycles. The molecule has 3 aromatic heterocycles. The van der Waals surface area contributed by atoms with Crippen LogP contribution in [0.15, 0.2) is 70.0 Å². The van der Waals surface area contributed by atoms with E-state index in [1.54, 1.807) is 36.4 Å². The summed E-state index contributed by atoms with van der Waals surface area (Å²) < 4.78 is 46.0. The van der Waals surface area contributed by atoms with Gasteiger partial charge in [0.15, 0.2) is 5.58 Å². The van der Waals surface area contributed by atoms with Crippen LogP contribution in [0.3, 0.4) is 0 Å². The molecule has 0 saturated heterocycles. The van der Waals surface area contributed by atoms with Crippen molar-refractivity contribution >= 4 is 11.1 Å². The van der Waals surface area contributed by atoms with Crippen molar-refractivity contribution in [3.63, 3.8) is 0 Å². The SMILES string of the molecule is O=c1c(C(F)(F)F)ccc(-c2nc3ccccc3o2)n1-c1ccccn1. The van der Waals surface area contributed by atoms with E-state index in [0.717, 1.165) is 16.7 Å². The maximum absolute atomic E-state index is 13.2. The van der Waals surface area contributed by atoms with Crippen LogP contribution in [0.2, 0.25) is 0 Å². The van der Waals surface area contributed by atoms with Crippen molar-refractivity contribution in [2.75, 3.05) is 0 Å². The summed E-state index contributed by atoms with van der Waals surface area (Å²) in [5.74, 6) is 0.0727. The molecular formula is C18H10F3N3O2. The van der Waals surface area contributed by atoms with Crippen molar-refractivity contribution in [1.29, 1.82) is 0 Å². The van der Waals surface area contributed by atoms with Gasteiger partial charge in [-0.2, -0.15) is 13.2 Å². The Bertz CT molecular complexity index is 1110. The van der Waals surface area contributed by atoms with E-state index in [1.807, 2.05) is 0 Å². The Morgan fingerprint density at radius 3 is 2.42 bits per heavy atom. The summed E-state index contributed by atoms with van der Waals surface area (Å²) >= 11 is 0. The Labute approximate surface area is 144 Å². The summed E-state index contributed by atoms with van der Waals surface area (Å²) in [7, 11) is 0. The predicted molar refractivity (Wildman–Crippen MR) is 87.8 cm³/mol. The highest BCUT2D eigenvalue weighted by Gasteiger charge is 2.35. The van der Waals surface area contributed by atoms with Gasteiger partial charge < -0.3 is 4.42 Å². The summed E-state index contributed by atoms with van der Waals surface area (Å²) in [4.78, 5) is 20.8. The van der Waals surface area contributed by atoms with Gasteiger partial charge in [0, 0.05) is 6.20 Å². The Balaban J connectivity index is 2.03. The third kappa shape index (κ3) is 2.65. The molecule has 0 aliphatic rings. The average Bonchev–Trinajstić information content (AvgIpc) is 3.05. The molecule has 4 aromatic rings. The minimum Gasteiger partial charge on any atom is -0.435 e. The highest BCUT2D eigenvalue weighted by Crippen LogP contribution is 2.30. The first-order valence-electron chi connectivity index (χ1n) is 7.56. The maximum Gasteiger partial charge on any atom is 0.421 e. The first-order chi connectivity index (χ1) is 12.4. The van der Waals surface area contributed by atoms with Crippen molar-refractivity contribution in [1.82, 2.24) is 14.5 Å². The number of hydrogen-bond acceptors (Lipinski definition) is 4. The van der Waals surface area contributed by atoms with E-state index < -0.39 is 17.3 Å². The Hall–Kier alpha value is -3.42. The number of pyridine rings is 2. The number of oxazole rings is 1. The molecule has 0 radical (unpaired) electrons. The Kier molecular flexibility index (Phi) is 3.61. The third-order valence-electron chi connectivity index (χ3n) is 3.78. The van der Waals surface area contributed by atoms with Crippen molar-refractivity contribution < 1.29 is 17.6 Å². The van der Waals surface area contributed by atoms with E-state index in [2.05, 4.69) is 9.97 Å². The van der Waals surface area contributed by atoms with Gasteiger partial charge >= 0.3 is 6.18 Å². The molecular weight excluding hydrogens is 347 g/mol. The lowest BCUT2D eigenvalue weighted by molar-refractivity contribution is -0.138. The first-order valence-corrected chi connectivity index (χ1v) is 7.56. The number of rotatable bonds is 2. The number of fused-ring (bicyclic) bond motifs is 1. The van der Waals surface area contributed by atoms with E-state index in [9.17, 15) is 18.0 Å². The molecule has 0 N–H and O–H groups in total. The monoisotopic (exact) mass is 357 g/mol. The van der Waals surface area contributed by atoms with Crippen LogP contribution in [0, 0.1) is 0 Å². The molecule has 0 spiro atoms. The van der Waals surface area contributed by atoms with Crippen LogP contribution in [0.1, 0.15) is 5.56 Å². The molecule has 8 heteroatoms. The van der Waals surface area contributed by atoms with Crippen molar-refractivity contribution in [3.05, 3.63) is 76.7 Å². The normalized spacial score (nSPS) is 11.8. The minimum atomic E-state index is -4.78. The summed E-state index contributed by atoms with van der Waals surface area (Å²) in [5.41, 5.74) is -1.46. The molecule has 3 heterocycles. The fourth-order valence-electron chi connectivity index (χ4n) is 2.62. The molecule has 0 aliphatic carbocycles. The molecule has 130 valence electrons. The van der Waals surface area contributed by atoms with Gasteiger partial charge in [-0.1, -0.05) is 18.2 Å². The second kappa shape index (κ2) is 5.83. The van der Waals surface area contributed by atoms with Gasteiger partial charge in [0.25, 0.3) is 5.56 Å². The molecule has 0 unspecified atom stereocenters. The number of aromatic nitrogens is 3. The Morgan fingerprint density at radius 2 is 1.73 bits per heavy atom. The first kappa shape index (κ1) is 16.1. The summed E-state index contributed by atoms with van der Waals surface area (Å²) in [6.07, 6.45) is -3.40. The quantitative estimate of drug-likeness (QED) is 0.543. The standard InChI is InChI=1S/C18H10F3N3O2/c19-18(20,21)11-8-9-13(16-23-12-5-1-2-6-14(12)26-16)24(17(11)25)15-7-3-4-10-22-15/h1-10H. The number of hydrogen-bond donors (Lipinski definition) is 0. The third-order valence-corrected chi connectivity index (χ3v) is 3.78. The molecule has 1 aromatic carbocycles. The highest BCUT2D eigenvalue weighted by atomic mass is 19.4. The number of halogens is 3. The van der Waals surface area contributed by atoms with Gasteiger partial charge in [-0.3, -0.25) is 9.36 Å². The zero-order chi connectivity index (χ0) is 18.3. The lowest BCUT2D eigenvalue weighted by atomic mass is 10.2. The molecule has 26 heavy (non-hydrogen) atoms. The number of benzene rings is 1. The predicted octanol–water partition coefficient (Wildman–Crippen LogP) is 4.06. The molecule has 0 bridgehead atoms. The number of alkyl halides is 3. The summed E-state index contributed by atoms with van der Waals surface area (Å²) in [5, 5.41) is 0. The number of para-hydroxylation sites is 2. The zero-order valence-corrected chi connectivity index (χ0v) is 13.1. The van der Waals surface area contributed by atoms with Crippen LogP contribution in [-0.4, -0.2) is 14.5 Å². The molecule has 0 saturated carbocycles. The minimum absolute atomic E-state index is 0.0303.